The molecule has 2 amide bonds. The van der Waals surface area contributed by atoms with Crippen molar-refractivity contribution in [2.75, 3.05) is 52.5 Å². The molecule has 11 heteroatoms. The second-order valence-electron chi connectivity index (χ2n) is 8.92. The van der Waals surface area contributed by atoms with Gasteiger partial charge in [-0.25, -0.2) is 8.42 Å². The Morgan fingerprint density at radius 3 is 2.19 bits per heavy atom. The second-order valence-corrected chi connectivity index (χ2v) is 10.8. The molecule has 0 N–H and O–H groups in total. The first kappa shape index (κ1) is 23.2. The van der Waals surface area contributed by atoms with Gasteiger partial charge < -0.3 is 19.1 Å². The molecule has 0 saturated carbocycles. The van der Waals surface area contributed by atoms with E-state index in [0.29, 0.717) is 64.5 Å². The summed E-state index contributed by atoms with van der Waals surface area (Å²) in [6, 6.07) is 0. The first-order chi connectivity index (χ1) is 15.3. The number of nitrogens with zero attached hydrogens (tertiary/aromatic N) is 4. The van der Waals surface area contributed by atoms with Crippen LogP contribution >= 0.6 is 0 Å². The minimum absolute atomic E-state index is 0.0526. The van der Waals surface area contributed by atoms with Gasteiger partial charge in [0.25, 0.3) is 0 Å². The number of aryl methyl sites for hydroxylation is 2. The van der Waals surface area contributed by atoms with Gasteiger partial charge in [0.05, 0.1) is 25.0 Å². The molecule has 2 atom stereocenters. The molecule has 1 aromatic heterocycles. The molecule has 178 valence electrons. The Bertz CT molecular complexity index is 936. The molecule has 1 aromatic rings. The lowest BCUT2D eigenvalue weighted by molar-refractivity contribution is -0.145. The maximum absolute atomic E-state index is 13.3. The van der Waals surface area contributed by atoms with Gasteiger partial charge in [0.1, 0.15) is 10.6 Å². The van der Waals surface area contributed by atoms with E-state index in [1.54, 1.807) is 18.7 Å². The fourth-order valence-corrected chi connectivity index (χ4v) is 6.83. The summed E-state index contributed by atoms with van der Waals surface area (Å²) in [4.78, 5) is 29.9. The fourth-order valence-electron chi connectivity index (χ4n) is 5.01. The maximum atomic E-state index is 13.3. The van der Waals surface area contributed by atoms with Gasteiger partial charge >= 0.3 is 0 Å². The van der Waals surface area contributed by atoms with Crippen molar-refractivity contribution in [1.29, 1.82) is 0 Å². The number of rotatable bonds is 4. The summed E-state index contributed by atoms with van der Waals surface area (Å²) in [6.45, 7) is 7.02. The Morgan fingerprint density at radius 1 is 0.906 bits per heavy atom. The average Bonchev–Trinajstić information content (AvgIpc) is 3.17. The summed E-state index contributed by atoms with van der Waals surface area (Å²) in [5.74, 6) is -0.301. The average molecular weight is 469 g/mol. The van der Waals surface area contributed by atoms with Crippen LogP contribution in [0, 0.1) is 25.7 Å². The summed E-state index contributed by atoms with van der Waals surface area (Å²) in [7, 11) is -3.78. The van der Waals surface area contributed by atoms with Crippen LogP contribution in [0.5, 0.6) is 0 Å². The lowest BCUT2D eigenvalue weighted by atomic mass is 9.93. The van der Waals surface area contributed by atoms with Gasteiger partial charge in [-0.2, -0.15) is 4.31 Å². The number of carbonyl (C=O) groups is 2. The van der Waals surface area contributed by atoms with Crippen LogP contribution in [0.25, 0.3) is 0 Å². The van der Waals surface area contributed by atoms with E-state index in [1.807, 2.05) is 4.90 Å². The Balaban J connectivity index is 1.42. The maximum Gasteiger partial charge on any atom is 0.248 e. The van der Waals surface area contributed by atoms with Gasteiger partial charge in [-0.15, -0.1) is 0 Å². The first-order valence-corrected chi connectivity index (χ1v) is 12.8. The minimum Gasteiger partial charge on any atom is -0.378 e. The number of piperidine rings is 2. The summed E-state index contributed by atoms with van der Waals surface area (Å²) in [6.07, 6.45) is 2.81. The predicted molar refractivity (Wildman–Crippen MR) is 114 cm³/mol. The van der Waals surface area contributed by atoms with Gasteiger partial charge in [-0.05, 0) is 39.5 Å². The highest BCUT2D eigenvalue weighted by Gasteiger charge is 2.39. The highest BCUT2D eigenvalue weighted by molar-refractivity contribution is 7.89. The van der Waals surface area contributed by atoms with Gasteiger partial charge in [-0.3, -0.25) is 9.59 Å². The van der Waals surface area contributed by atoms with Crippen LogP contribution in [0.1, 0.15) is 37.1 Å². The summed E-state index contributed by atoms with van der Waals surface area (Å²) in [5.41, 5.74) is 0.330. The molecule has 3 fully saturated rings. The third kappa shape index (κ3) is 4.55. The minimum atomic E-state index is -3.78. The Morgan fingerprint density at radius 2 is 1.53 bits per heavy atom. The number of likely N-dealkylation sites (tertiary alicyclic amines) is 1. The van der Waals surface area contributed by atoms with E-state index in [9.17, 15) is 18.0 Å². The van der Waals surface area contributed by atoms with Crippen molar-refractivity contribution in [3.63, 3.8) is 0 Å². The van der Waals surface area contributed by atoms with Crippen LogP contribution in [0.3, 0.4) is 0 Å². The summed E-state index contributed by atoms with van der Waals surface area (Å²) >= 11 is 0. The van der Waals surface area contributed by atoms with Crippen molar-refractivity contribution in [2.24, 2.45) is 11.8 Å². The van der Waals surface area contributed by atoms with E-state index in [1.165, 1.54) is 4.31 Å². The van der Waals surface area contributed by atoms with E-state index in [-0.39, 0.29) is 34.9 Å². The molecule has 4 rings (SSSR count). The smallest absolute Gasteiger partial charge is 0.248 e. The SMILES string of the molecule is Cc1noc(C)c1S(=O)(=O)N1CCCC(C(=O)N2CCCC(C(=O)N3CCOCC3)C2)C1. The topological polar surface area (TPSA) is 113 Å². The van der Waals surface area contributed by atoms with Gasteiger partial charge in [0.15, 0.2) is 5.76 Å². The van der Waals surface area contributed by atoms with Gasteiger partial charge in [-0.1, -0.05) is 5.16 Å². The van der Waals surface area contributed by atoms with Crippen molar-refractivity contribution in [3.05, 3.63) is 11.5 Å². The zero-order valence-corrected chi connectivity index (χ0v) is 19.6. The lowest BCUT2D eigenvalue weighted by Gasteiger charge is -2.39. The van der Waals surface area contributed by atoms with Crippen LogP contribution in [0.4, 0.5) is 0 Å². The Hall–Kier alpha value is -1.98. The van der Waals surface area contributed by atoms with Crippen molar-refractivity contribution < 1.29 is 27.3 Å². The molecule has 3 saturated heterocycles. The van der Waals surface area contributed by atoms with Gasteiger partial charge in [0.2, 0.25) is 21.8 Å². The normalized spacial score (nSPS) is 25.7. The molecule has 0 aromatic carbocycles. The quantitative estimate of drug-likeness (QED) is 0.642. The largest absolute Gasteiger partial charge is 0.378 e. The van der Waals surface area contributed by atoms with E-state index in [4.69, 9.17) is 9.26 Å². The molecule has 0 bridgehead atoms. The highest BCUT2D eigenvalue weighted by Crippen LogP contribution is 2.29. The van der Waals surface area contributed by atoms with Crippen LogP contribution in [0.15, 0.2) is 9.42 Å². The second kappa shape index (κ2) is 9.48. The van der Waals surface area contributed by atoms with Crippen molar-refractivity contribution in [2.45, 2.75) is 44.4 Å². The van der Waals surface area contributed by atoms with Gasteiger partial charge in [0, 0.05) is 39.3 Å². The number of morpholine rings is 1. The molecule has 0 spiro atoms. The van der Waals surface area contributed by atoms with Crippen LogP contribution in [-0.4, -0.2) is 92.0 Å². The number of hydrogen-bond donors (Lipinski definition) is 0. The zero-order chi connectivity index (χ0) is 22.9. The van der Waals surface area contributed by atoms with Crippen LogP contribution in [0.2, 0.25) is 0 Å². The van der Waals surface area contributed by atoms with E-state index >= 15 is 0 Å². The molecule has 0 aliphatic carbocycles. The molecule has 10 nitrogen and oxygen atoms in total. The summed E-state index contributed by atoms with van der Waals surface area (Å²) in [5, 5.41) is 3.77. The number of carbonyl (C=O) groups excluding carboxylic acids is 2. The number of hydrogen-bond acceptors (Lipinski definition) is 7. The molecule has 0 radical (unpaired) electrons. The molecule has 3 aliphatic rings. The monoisotopic (exact) mass is 468 g/mol. The number of amides is 2. The molecular formula is C21H32N4O6S. The molecule has 3 aliphatic heterocycles. The van der Waals surface area contributed by atoms with Crippen LogP contribution in [-0.2, 0) is 24.3 Å². The van der Waals surface area contributed by atoms with E-state index in [0.717, 1.165) is 12.8 Å². The van der Waals surface area contributed by atoms with Crippen molar-refractivity contribution in [1.82, 2.24) is 19.3 Å². The predicted octanol–water partition coefficient (Wildman–Crippen LogP) is 0.790. The lowest BCUT2D eigenvalue weighted by Crippen LogP contribution is -2.52. The molecule has 4 heterocycles. The number of sulfonamides is 1. The third-order valence-corrected chi connectivity index (χ3v) is 8.81. The molecule has 32 heavy (non-hydrogen) atoms. The van der Waals surface area contributed by atoms with Crippen LogP contribution < -0.4 is 0 Å². The van der Waals surface area contributed by atoms with Crippen molar-refractivity contribution in [3.8, 4) is 0 Å². The molecule has 2 unspecified atom stereocenters. The number of ether oxygens (including phenoxy) is 1. The fraction of sp³-hybridized carbons (Fsp3) is 0.762. The first-order valence-electron chi connectivity index (χ1n) is 11.4. The third-order valence-electron chi connectivity index (χ3n) is 6.70. The van der Waals surface area contributed by atoms with Crippen molar-refractivity contribution >= 4 is 21.8 Å². The van der Waals surface area contributed by atoms with E-state index in [2.05, 4.69) is 5.16 Å². The Labute approximate surface area is 188 Å². The summed E-state index contributed by atoms with van der Waals surface area (Å²) < 4.78 is 38.1. The number of aromatic nitrogens is 1. The van der Waals surface area contributed by atoms with E-state index < -0.39 is 15.9 Å². The molecular weight excluding hydrogens is 436 g/mol. The Kier molecular flexibility index (Phi) is 6.87. The highest BCUT2D eigenvalue weighted by atomic mass is 32.2. The standard InChI is InChI=1S/C21H32N4O6S/c1-15-19(16(2)31-22-15)32(28,29)25-8-4-6-18(14-25)21(27)24-7-3-5-17(13-24)20(26)23-9-11-30-12-10-23/h17-18H,3-14H2,1-2H3. The zero-order valence-electron chi connectivity index (χ0n) is 18.8.